The van der Waals surface area contributed by atoms with Gasteiger partial charge in [-0.1, -0.05) is 54.6 Å². The molecule has 1 heterocycles. The minimum Gasteiger partial charge on any atom is -0.352 e. The summed E-state index contributed by atoms with van der Waals surface area (Å²) >= 11 is 0. The Bertz CT molecular complexity index is 592. The highest BCUT2D eigenvalue weighted by Gasteiger charge is 2.39. The lowest BCUT2D eigenvalue weighted by molar-refractivity contribution is -0.126. The number of benzene rings is 1. The van der Waals surface area contributed by atoms with Gasteiger partial charge in [0.05, 0.1) is 5.92 Å². The van der Waals surface area contributed by atoms with E-state index in [4.69, 9.17) is 0 Å². The number of carbonyl (C=O) groups excluding carboxylic acids is 1. The number of allylic oxidation sites excluding steroid dienone is 4. The average molecular weight is 308 g/mol. The van der Waals surface area contributed by atoms with Gasteiger partial charge in [0.15, 0.2) is 0 Å². The number of carbonyl (C=O) groups is 1. The number of hydrogen-bond acceptors (Lipinski definition) is 2. The van der Waals surface area contributed by atoms with E-state index in [2.05, 4.69) is 64.9 Å². The molecule has 3 nitrogen and oxygen atoms in total. The first-order chi connectivity index (χ1) is 11.3. The molecule has 0 radical (unpaired) electrons. The maximum atomic E-state index is 12.5. The van der Waals surface area contributed by atoms with Crippen molar-refractivity contribution in [2.45, 2.75) is 18.9 Å². The fourth-order valence-electron chi connectivity index (χ4n) is 4.11. The smallest absolute Gasteiger partial charge is 0.225 e. The van der Waals surface area contributed by atoms with E-state index in [0.717, 1.165) is 32.5 Å². The van der Waals surface area contributed by atoms with Crippen LogP contribution in [0.5, 0.6) is 0 Å². The summed E-state index contributed by atoms with van der Waals surface area (Å²) in [7, 11) is 0. The fourth-order valence-corrected chi connectivity index (χ4v) is 4.11. The van der Waals surface area contributed by atoms with E-state index in [0.29, 0.717) is 17.9 Å². The van der Waals surface area contributed by atoms with Crippen molar-refractivity contribution in [2.75, 3.05) is 19.6 Å². The summed E-state index contributed by atoms with van der Waals surface area (Å²) in [6.45, 7) is 3.15. The number of likely N-dealkylation sites (tertiary alicyclic amines) is 1. The Morgan fingerprint density at radius 1 is 1.09 bits per heavy atom. The van der Waals surface area contributed by atoms with Gasteiger partial charge in [0.1, 0.15) is 0 Å². The summed E-state index contributed by atoms with van der Waals surface area (Å²) < 4.78 is 0. The van der Waals surface area contributed by atoms with Crippen LogP contribution in [-0.2, 0) is 11.2 Å². The van der Waals surface area contributed by atoms with Crippen LogP contribution in [0.1, 0.15) is 12.0 Å². The van der Waals surface area contributed by atoms with E-state index in [-0.39, 0.29) is 11.8 Å². The SMILES string of the molecule is O=C(NC1CCN(CCc2ccccc2)C1)C1C2C=CC1C=C2. The third-order valence-corrected chi connectivity index (χ3v) is 5.42. The molecule has 2 bridgehead atoms. The van der Waals surface area contributed by atoms with E-state index in [1.165, 1.54) is 5.56 Å². The highest BCUT2D eigenvalue weighted by molar-refractivity contribution is 5.82. The van der Waals surface area contributed by atoms with Crippen LogP contribution in [0, 0.1) is 17.8 Å². The topological polar surface area (TPSA) is 32.3 Å². The maximum Gasteiger partial charge on any atom is 0.225 e. The molecule has 1 aromatic carbocycles. The van der Waals surface area contributed by atoms with Gasteiger partial charge in [0.2, 0.25) is 5.91 Å². The molecular formula is C20H24N2O. The van der Waals surface area contributed by atoms with Crippen molar-refractivity contribution < 1.29 is 4.79 Å². The zero-order chi connectivity index (χ0) is 15.6. The number of fused-ring (bicyclic) bond motifs is 2. The van der Waals surface area contributed by atoms with E-state index < -0.39 is 0 Å². The van der Waals surface area contributed by atoms with Crippen LogP contribution in [0.4, 0.5) is 0 Å². The molecule has 0 saturated carbocycles. The number of amides is 1. The van der Waals surface area contributed by atoms with Gasteiger partial charge in [-0.05, 0) is 18.4 Å². The van der Waals surface area contributed by atoms with Crippen LogP contribution in [0.2, 0.25) is 0 Å². The number of nitrogens with one attached hydrogen (secondary N) is 1. The number of rotatable bonds is 5. The molecule has 1 unspecified atom stereocenters. The zero-order valence-electron chi connectivity index (χ0n) is 13.4. The molecule has 1 amide bonds. The largest absolute Gasteiger partial charge is 0.352 e. The molecule has 0 aromatic heterocycles. The second-order valence-corrected chi connectivity index (χ2v) is 6.98. The molecule has 1 aliphatic heterocycles. The molecule has 1 aromatic rings. The third kappa shape index (κ3) is 3.11. The maximum absolute atomic E-state index is 12.5. The number of nitrogens with zero attached hydrogens (tertiary/aromatic N) is 1. The van der Waals surface area contributed by atoms with E-state index in [1.807, 2.05) is 0 Å². The third-order valence-electron chi connectivity index (χ3n) is 5.42. The summed E-state index contributed by atoms with van der Waals surface area (Å²) in [6, 6.07) is 10.9. The van der Waals surface area contributed by atoms with Crippen LogP contribution in [-0.4, -0.2) is 36.5 Å². The molecule has 0 spiro atoms. The molecular weight excluding hydrogens is 284 g/mol. The van der Waals surface area contributed by atoms with Gasteiger partial charge in [-0.25, -0.2) is 0 Å². The highest BCUT2D eigenvalue weighted by atomic mass is 16.2. The normalized spacial score (nSPS) is 31.8. The monoisotopic (exact) mass is 308 g/mol. The average Bonchev–Trinajstić information content (AvgIpc) is 3.29. The minimum absolute atomic E-state index is 0.119. The van der Waals surface area contributed by atoms with Crippen LogP contribution >= 0.6 is 0 Å². The summed E-state index contributed by atoms with van der Waals surface area (Å²) in [5.74, 6) is 1.02. The van der Waals surface area contributed by atoms with Crippen molar-refractivity contribution in [1.82, 2.24) is 10.2 Å². The van der Waals surface area contributed by atoms with Gasteiger partial charge in [0.25, 0.3) is 0 Å². The number of hydrogen-bond donors (Lipinski definition) is 1. The van der Waals surface area contributed by atoms with Crippen molar-refractivity contribution in [2.24, 2.45) is 17.8 Å². The van der Waals surface area contributed by atoms with Gasteiger partial charge in [-0.2, -0.15) is 0 Å². The molecule has 3 heteroatoms. The molecule has 1 atom stereocenters. The van der Waals surface area contributed by atoms with Crippen molar-refractivity contribution in [3.8, 4) is 0 Å². The lowest BCUT2D eigenvalue weighted by Gasteiger charge is -2.20. The Labute approximate surface area is 138 Å². The van der Waals surface area contributed by atoms with Crippen molar-refractivity contribution in [3.63, 3.8) is 0 Å². The summed E-state index contributed by atoms with van der Waals surface area (Å²) in [4.78, 5) is 15.0. The predicted molar refractivity (Wildman–Crippen MR) is 91.9 cm³/mol. The van der Waals surface area contributed by atoms with Gasteiger partial charge in [0, 0.05) is 37.5 Å². The molecule has 1 N–H and O–H groups in total. The first-order valence-electron chi connectivity index (χ1n) is 8.73. The zero-order valence-corrected chi connectivity index (χ0v) is 13.4. The standard InChI is InChI=1S/C20H24N2O/c23-20(19-16-6-7-17(19)9-8-16)21-18-11-13-22(14-18)12-10-15-4-2-1-3-5-15/h1-9,16-19H,10-14H2,(H,21,23). The molecule has 120 valence electrons. The van der Waals surface area contributed by atoms with E-state index >= 15 is 0 Å². The molecule has 23 heavy (non-hydrogen) atoms. The lowest BCUT2D eigenvalue weighted by Crippen LogP contribution is -2.42. The van der Waals surface area contributed by atoms with Crippen molar-refractivity contribution in [1.29, 1.82) is 0 Å². The molecule has 2 aliphatic carbocycles. The van der Waals surface area contributed by atoms with Crippen LogP contribution in [0.3, 0.4) is 0 Å². The first-order valence-corrected chi connectivity index (χ1v) is 8.73. The Kier molecular flexibility index (Phi) is 4.04. The van der Waals surface area contributed by atoms with Gasteiger partial charge in [-0.3, -0.25) is 4.79 Å². The minimum atomic E-state index is 0.119. The van der Waals surface area contributed by atoms with Crippen molar-refractivity contribution >= 4 is 5.91 Å². The predicted octanol–water partition coefficient (Wildman–Crippen LogP) is 2.41. The Morgan fingerprint density at radius 3 is 2.48 bits per heavy atom. The molecule has 1 fully saturated rings. The summed E-state index contributed by atoms with van der Waals surface area (Å²) in [5.41, 5.74) is 1.39. The second-order valence-electron chi connectivity index (χ2n) is 6.98. The Morgan fingerprint density at radius 2 is 1.78 bits per heavy atom. The van der Waals surface area contributed by atoms with Crippen LogP contribution in [0.25, 0.3) is 0 Å². The molecule has 1 saturated heterocycles. The Balaban J connectivity index is 1.24. The van der Waals surface area contributed by atoms with Crippen LogP contribution in [0.15, 0.2) is 54.6 Å². The highest BCUT2D eigenvalue weighted by Crippen LogP contribution is 2.39. The van der Waals surface area contributed by atoms with Gasteiger partial charge >= 0.3 is 0 Å². The summed E-state index contributed by atoms with van der Waals surface area (Å²) in [5, 5.41) is 3.29. The van der Waals surface area contributed by atoms with Crippen molar-refractivity contribution in [3.05, 3.63) is 60.2 Å². The molecule has 3 aliphatic rings. The fraction of sp³-hybridized carbons (Fsp3) is 0.450. The van der Waals surface area contributed by atoms with E-state index in [1.54, 1.807) is 0 Å². The Hall–Kier alpha value is -1.87. The van der Waals surface area contributed by atoms with Gasteiger partial charge in [-0.15, -0.1) is 0 Å². The van der Waals surface area contributed by atoms with E-state index in [9.17, 15) is 4.79 Å². The quantitative estimate of drug-likeness (QED) is 0.847. The van der Waals surface area contributed by atoms with Gasteiger partial charge < -0.3 is 10.2 Å². The lowest BCUT2D eigenvalue weighted by atomic mass is 9.94. The second kappa shape index (κ2) is 6.32. The summed E-state index contributed by atoms with van der Waals surface area (Å²) in [6.07, 6.45) is 10.9. The molecule has 4 rings (SSSR count). The van der Waals surface area contributed by atoms with Crippen LogP contribution < -0.4 is 5.32 Å². The first kappa shape index (κ1) is 14.7.